The Morgan fingerprint density at radius 3 is 3.00 bits per heavy atom. The number of rotatable bonds is 7. The summed E-state index contributed by atoms with van der Waals surface area (Å²) in [5, 5.41) is 3.52. The van der Waals surface area contributed by atoms with Crippen LogP contribution in [0.15, 0.2) is 16.7 Å². The summed E-state index contributed by atoms with van der Waals surface area (Å²) in [6, 6.07) is 2.84. The van der Waals surface area contributed by atoms with Crippen LogP contribution in [0.5, 0.6) is 0 Å². The molecule has 112 valence electrons. The van der Waals surface area contributed by atoms with Crippen LogP contribution in [0.1, 0.15) is 37.0 Å². The van der Waals surface area contributed by atoms with Crippen molar-refractivity contribution < 1.29 is 9.15 Å². The lowest BCUT2D eigenvalue weighted by atomic mass is 10.0. The summed E-state index contributed by atoms with van der Waals surface area (Å²) in [7, 11) is 2.19. The maximum absolute atomic E-state index is 5.62. The van der Waals surface area contributed by atoms with Gasteiger partial charge in [0.25, 0.3) is 0 Å². The van der Waals surface area contributed by atoms with Gasteiger partial charge < -0.3 is 19.4 Å². The summed E-state index contributed by atoms with van der Waals surface area (Å²) in [5.41, 5.74) is 1.32. The summed E-state index contributed by atoms with van der Waals surface area (Å²) >= 11 is 0. The van der Waals surface area contributed by atoms with Crippen molar-refractivity contribution in [2.45, 2.75) is 44.8 Å². The second-order valence-corrected chi connectivity index (χ2v) is 6.30. The number of ether oxygens (including phenoxy) is 1. The van der Waals surface area contributed by atoms with E-state index in [1.807, 2.05) is 6.26 Å². The molecule has 0 bridgehead atoms. The van der Waals surface area contributed by atoms with Crippen LogP contribution in [0.25, 0.3) is 0 Å². The lowest BCUT2D eigenvalue weighted by Gasteiger charge is -2.27. The Morgan fingerprint density at radius 1 is 1.35 bits per heavy atom. The van der Waals surface area contributed by atoms with Crippen LogP contribution in [-0.2, 0) is 17.8 Å². The SMILES string of the molecule is CN(Cc1ccoc1CNC1CC1)CC1CCCOC1. The fourth-order valence-corrected chi connectivity index (χ4v) is 2.94. The van der Waals surface area contributed by atoms with Gasteiger partial charge in [-0.2, -0.15) is 0 Å². The maximum atomic E-state index is 5.62. The highest BCUT2D eigenvalue weighted by atomic mass is 16.5. The molecular formula is C16H26N2O2. The zero-order valence-electron chi connectivity index (χ0n) is 12.4. The number of nitrogens with zero attached hydrogens (tertiary/aromatic N) is 1. The average molecular weight is 278 g/mol. The van der Waals surface area contributed by atoms with Crippen molar-refractivity contribution in [2.75, 3.05) is 26.8 Å². The first kappa shape index (κ1) is 14.1. The molecule has 1 aromatic rings. The summed E-state index contributed by atoms with van der Waals surface area (Å²) < 4.78 is 11.2. The lowest BCUT2D eigenvalue weighted by Crippen LogP contribution is -2.30. The molecule has 4 heteroatoms. The second-order valence-electron chi connectivity index (χ2n) is 6.30. The molecule has 2 fully saturated rings. The highest BCUT2D eigenvalue weighted by Gasteiger charge is 2.22. The van der Waals surface area contributed by atoms with Crippen molar-refractivity contribution >= 4 is 0 Å². The van der Waals surface area contributed by atoms with Gasteiger partial charge in [0.1, 0.15) is 5.76 Å². The third-order valence-corrected chi connectivity index (χ3v) is 4.23. The van der Waals surface area contributed by atoms with Gasteiger partial charge in [-0.15, -0.1) is 0 Å². The number of furan rings is 1. The Kier molecular flexibility index (Phi) is 4.76. The van der Waals surface area contributed by atoms with E-state index in [1.54, 1.807) is 0 Å². The van der Waals surface area contributed by atoms with E-state index >= 15 is 0 Å². The minimum Gasteiger partial charge on any atom is -0.468 e. The molecule has 0 spiro atoms. The van der Waals surface area contributed by atoms with Crippen LogP contribution in [-0.4, -0.2) is 37.7 Å². The van der Waals surface area contributed by atoms with Gasteiger partial charge in [-0.3, -0.25) is 0 Å². The van der Waals surface area contributed by atoms with E-state index in [-0.39, 0.29) is 0 Å². The van der Waals surface area contributed by atoms with E-state index in [2.05, 4.69) is 23.3 Å². The van der Waals surface area contributed by atoms with Crippen molar-refractivity contribution in [3.8, 4) is 0 Å². The molecule has 0 aromatic carbocycles. The third kappa shape index (κ3) is 4.08. The number of hydrogen-bond donors (Lipinski definition) is 1. The first-order valence-corrected chi connectivity index (χ1v) is 7.86. The van der Waals surface area contributed by atoms with Gasteiger partial charge in [-0.25, -0.2) is 0 Å². The van der Waals surface area contributed by atoms with Gasteiger partial charge in [-0.1, -0.05) is 0 Å². The van der Waals surface area contributed by atoms with E-state index in [0.717, 1.165) is 44.7 Å². The molecule has 1 unspecified atom stereocenters. The zero-order valence-corrected chi connectivity index (χ0v) is 12.4. The first-order chi connectivity index (χ1) is 9.81. The van der Waals surface area contributed by atoms with Gasteiger partial charge in [0.2, 0.25) is 0 Å². The van der Waals surface area contributed by atoms with Crippen molar-refractivity contribution in [1.29, 1.82) is 0 Å². The van der Waals surface area contributed by atoms with Gasteiger partial charge in [0.15, 0.2) is 0 Å². The molecule has 1 aliphatic heterocycles. The van der Waals surface area contributed by atoms with Crippen LogP contribution >= 0.6 is 0 Å². The van der Waals surface area contributed by atoms with E-state index in [1.165, 1.54) is 31.2 Å². The molecule has 1 atom stereocenters. The largest absolute Gasteiger partial charge is 0.468 e. The van der Waals surface area contributed by atoms with Crippen LogP contribution in [0.4, 0.5) is 0 Å². The zero-order chi connectivity index (χ0) is 13.8. The summed E-state index contributed by atoms with van der Waals surface area (Å²) in [4.78, 5) is 2.39. The smallest absolute Gasteiger partial charge is 0.122 e. The standard InChI is InChI=1S/C16H26N2O2/c1-18(10-13-3-2-7-19-12-13)11-14-6-8-20-16(14)9-17-15-4-5-15/h6,8,13,15,17H,2-5,7,9-12H2,1H3. The predicted molar refractivity (Wildman–Crippen MR) is 78.4 cm³/mol. The van der Waals surface area contributed by atoms with Crippen LogP contribution < -0.4 is 5.32 Å². The fourth-order valence-electron chi connectivity index (χ4n) is 2.94. The van der Waals surface area contributed by atoms with Crippen molar-refractivity contribution in [3.63, 3.8) is 0 Å². The van der Waals surface area contributed by atoms with Crippen LogP contribution in [0, 0.1) is 5.92 Å². The highest BCUT2D eigenvalue weighted by Crippen LogP contribution is 2.21. The fraction of sp³-hybridized carbons (Fsp3) is 0.750. The lowest BCUT2D eigenvalue weighted by molar-refractivity contribution is 0.0411. The first-order valence-electron chi connectivity index (χ1n) is 7.86. The molecule has 0 amide bonds. The molecule has 4 nitrogen and oxygen atoms in total. The Morgan fingerprint density at radius 2 is 2.25 bits per heavy atom. The van der Waals surface area contributed by atoms with Gasteiger partial charge in [-0.05, 0) is 44.7 Å². The molecule has 1 aliphatic carbocycles. The molecule has 1 N–H and O–H groups in total. The minimum absolute atomic E-state index is 0.689. The topological polar surface area (TPSA) is 37.6 Å². The Hall–Kier alpha value is -0.840. The molecule has 2 aliphatic rings. The monoisotopic (exact) mass is 278 g/mol. The predicted octanol–water partition coefficient (Wildman–Crippen LogP) is 2.39. The normalized spacial score (nSPS) is 23.4. The van der Waals surface area contributed by atoms with Crippen molar-refractivity contribution in [1.82, 2.24) is 10.2 Å². The molecule has 2 heterocycles. The molecule has 1 saturated heterocycles. The summed E-state index contributed by atoms with van der Waals surface area (Å²) in [6.45, 7) is 4.81. The Labute approximate surface area is 121 Å². The van der Waals surface area contributed by atoms with E-state index in [0.29, 0.717) is 5.92 Å². The highest BCUT2D eigenvalue weighted by molar-refractivity contribution is 5.17. The maximum Gasteiger partial charge on any atom is 0.122 e. The van der Waals surface area contributed by atoms with Crippen molar-refractivity contribution in [3.05, 3.63) is 23.7 Å². The summed E-state index contributed by atoms with van der Waals surface area (Å²) in [6.07, 6.45) is 6.96. The quantitative estimate of drug-likeness (QED) is 0.831. The number of nitrogens with one attached hydrogen (secondary N) is 1. The third-order valence-electron chi connectivity index (χ3n) is 4.23. The van der Waals surface area contributed by atoms with Crippen LogP contribution in [0.3, 0.4) is 0 Å². The van der Waals surface area contributed by atoms with E-state index in [4.69, 9.17) is 9.15 Å². The molecule has 1 saturated carbocycles. The Balaban J connectivity index is 1.47. The molecule has 20 heavy (non-hydrogen) atoms. The second kappa shape index (κ2) is 6.74. The van der Waals surface area contributed by atoms with Gasteiger partial charge >= 0.3 is 0 Å². The van der Waals surface area contributed by atoms with E-state index < -0.39 is 0 Å². The van der Waals surface area contributed by atoms with Crippen molar-refractivity contribution in [2.24, 2.45) is 5.92 Å². The molecular weight excluding hydrogens is 252 g/mol. The molecule has 0 radical (unpaired) electrons. The minimum atomic E-state index is 0.689. The molecule has 3 rings (SSSR count). The van der Waals surface area contributed by atoms with E-state index in [9.17, 15) is 0 Å². The van der Waals surface area contributed by atoms with Gasteiger partial charge in [0.05, 0.1) is 19.4 Å². The Bertz CT molecular complexity index is 408. The van der Waals surface area contributed by atoms with Crippen LogP contribution in [0.2, 0.25) is 0 Å². The number of hydrogen-bond acceptors (Lipinski definition) is 4. The summed E-state index contributed by atoms with van der Waals surface area (Å²) in [5.74, 6) is 1.79. The molecule has 1 aromatic heterocycles. The van der Waals surface area contributed by atoms with Gasteiger partial charge in [0, 0.05) is 31.3 Å². The average Bonchev–Trinajstić information content (AvgIpc) is 3.18.